The number of fused-ring (bicyclic) bond motifs is 2. The summed E-state index contributed by atoms with van der Waals surface area (Å²) in [5.74, 6) is 0.474. The van der Waals surface area contributed by atoms with Gasteiger partial charge in [0.2, 0.25) is 0 Å². The number of H-pyrrole nitrogens is 1. The molecule has 124 valence electrons. The Bertz CT molecular complexity index is 992. The zero-order chi connectivity index (χ0) is 16.8. The number of aromatic nitrogens is 2. The van der Waals surface area contributed by atoms with E-state index in [0.717, 1.165) is 33.8 Å². The summed E-state index contributed by atoms with van der Waals surface area (Å²) in [5.41, 5.74) is 3.17. The van der Waals surface area contributed by atoms with Gasteiger partial charge in [0, 0.05) is 18.0 Å². The van der Waals surface area contributed by atoms with Crippen molar-refractivity contribution in [1.82, 2.24) is 14.9 Å². The molecule has 0 saturated heterocycles. The molecule has 6 heteroatoms. The quantitative estimate of drug-likeness (QED) is 0.777. The molecule has 0 amide bonds. The van der Waals surface area contributed by atoms with Crippen molar-refractivity contribution in [2.24, 2.45) is 0 Å². The summed E-state index contributed by atoms with van der Waals surface area (Å²) in [5, 5.41) is 0.701. The molecule has 4 nitrogen and oxygen atoms in total. The largest absolute Gasteiger partial charge is 0.309 e. The summed E-state index contributed by atoms with van der Waals surface area (Å²) in [4.78, 5) is 24.0. The highest BCUT2D eigenvalue weighted by atomic mass is 32.1. The lowest BCUT2D eigenvalue weighted by molar-refractivity contribution is 0.239. The first-order valence-corrected chi connectivity index (χ1v) is 8.81. The lowest BCUT2D eigenvalue weighted by Gasteiger charge is -2.28. The van der Waals surface area contributed by atoms with Crippen LogP contribution in [0.15, 0.2) is 23.0 Å². The molecule has 1 aromatic carbocycles. The maximum Gasteiger partial charge on any atom is 0.259 e. The van der Waals surface area contributed by atoms with E-state index in [2.05, 4.69) is 14.9 Å². The average Bonchev–Trinajstić information content (AvgIpc) is 2.82. The molecule has 0 fully saturated rings. The molecule has 0 aliphatic carbocycles. The Balaban J connectivity index is 1.62. The SMILES string of the molecule is Cc1sc2nc(CN3CCc4ccc(F)cc4C3)[nH]c(=O)c2c1C. The minimum atomic E-state index is -0.201. The lowest BCUT2D eigenvalue weighted by atomic mass is 10.00. The van der Waals surface area contributed by atoms with E-state index in [9.17, 15) is 9.18 Å². The van der Waals surface area contributed by atoms with Gasteiger partial charge in [0.25, 0.3) is 5.56 Å². The van der Waals surface area contributed by atoms with Crippen molar-refractivity contribution in [3.05, 3.63) is 61.8 Å². The van der Waals surface area contributed by atoms with E-state index >= 15 is 0 Å². The van der Waals surface area contributed by atoms with Gasteiger partial charge in [0.05, 0.1) is 11.9 Å². The first kappa shape index (κ1) is 15.5. The molecule has 3 aromatic rings. The fraction of sp³-hybridized carbons (Fsp3) is 0.333. The molecule has 3 heterocycles. The van der Waals surface area contributed by atoms with Crippen LogP contribution in [-0.4, -0.2) is 21.4 Å². The van der Waals surface area contributed by atoms with Crippen molar-refractivity contribution in [2.75, 3.05) is 6.54 Å². The van der Waals surface area contributed by atoms with Crippen LogP contribution in [0, 0.1) is 19.7 Å². The number of hydrogen-bond acceptors (Lipinski definition) is 4. The Labute approximate surface area is 143 Å². The number of rotatable bonds is 2. The van der Waals surface area contributed by atoms with Crippen molar-refractivity contribution in [3.8, 4) is 0 Å². The third-order valence-corrected chi connectivity index (χ3v) is 5.82. The molecule has 4 rings (SSSR count). The maximum atomic E-state index is 13.4. The van der Waals surface area contributed by atoms with Crippen LogP contribution in [0.1, 0.15) is 27.4 Å². The fourth-order valence-electron chi connectivity index (χ4n) is 3.30. The van der Waals surface area contributed by atoms with Gasteiger partial charge in [-0.3, -0.25) is 9.69 Å². The van der Waals surface area contributed by atoms with Gasteiger partial charge in [0.1, 0.15) is 16.5 Å². The number of aryl methyl sites for hydroxylation is 2. The molecule has 24 heavy (non-hydrogen) atoms. The molecule has 0 radical (unpaired) electrons. The molecule has 0 spiro atoms. The molecule has 1 aliphatic heterocycles. The van der Waals surface area contributed by atoms with Crippen molar-refractivity contribution >= 4 is 21.6 Å². The summed E-state index contributed by atoms with van der Waals surface area (Å²) in [7, 11) is 0. The Morgan fingerprint density at radius 2 is 2.17 bits per heavy atom. The van der Waals surface area contributed by atoms with E-state index in [4.69, 9.17) is 0 Å². The summed E-state index contributed by atoms with van der Waals surface area (Å²) in [6.45, 7) is 6.09. The van der Waals surface area contributed by atoms with Gasteiger partial charge >= 0.3 is 0 Å². The van der Waals surface area contributed by atoms with Crippen LogP contribution >= 0.6 is 11.3 Å². The van der Waals surface area contributed by atoms with E-state index in [0.29, 0.717) is 24.3 Å². The highest BCUT2D eigenvalue weighted by Crippen LogP contribution is 2.26. The van der Waals surface area contributed by atoms with Crippen molar-refractivity contribution in [2.45, 2.75) is 33.4 Å². The molecule has 0 saturated carbocycles. The van der Waals surface area contributed by atoms with E-state index in [1.165, 1.54) is 11.6 Å². The Hall–Kier alpha value is -2.05. The second kappa shape index (κ2) is 5.79. The Morgan fingerprint density at radius 3 is 3.00 bits per heavy atom. The van der Waals surface area contributed by atoms with Crippen LogP contribution in [-0.2, 0) is 19.5 Å². The number of thiophene rings is 1. The van der Waals surface area contributed by atoms with Gasteiger partial charge in [-0.25, -0.2) is 9.37 Å². The first-order valence-electron chi connectivity index (χ1n) is 8.00. The van der Waals surface area contributed by atoms with Crippen LogP contribution in [0.3, 0.4) is 0 Å². The number of halogens is 1. The summed E-state index contributed by atoms with van der Waals surface area (Å²) in [6.07, 6.45) is 0.888. The topological polar surface area (TPSA) is 49.0 Å². The predicted octanol–water partition coefficient (Wildman–Crippen LogP) is 3.30. The standard InChI is InChI=1S/C18H18FN3OS/c1-10-11(2)24-18-16(10)17(23)20-15(21-18)9-22-6-5-12-3-4-14(19)7-13(12)8-22/h3-4,7H,5-6,8-9H2,1-2H3,(H,20,21,23). The molecule has 0 bridgehead atoms. The first-order chi connectivity index (χ1) is 11.5. The van der Waals surface area contributed by atoms with Crippen molar-refractivity contribution in [1.29, 1.82) is 0 Å². The number of aromatic amines is 1. The van der Waals surface area contributed by atoms with Gasteiger partial charge in [-0.15, -0.1) is 11.3 Å². The monoisotopic (exact) mass is 343 g/mol. The summed E-state index contributed by atoms with van der Waals surface area (Å²) in [6, 6.07) is 4.99. The second-order valence-corrected chi connectivity index (χ2v) is 7.55. The predicted molar refractivity (Wildman–Crippen MR) is 93.9 cm³/mol. The van der Waals surface area contributed by atoms with Gasteiger partial charge in [-0.2, -0.15) is 0 Å². The molecular formula is C18H18FN3OS. The Kier molecular flexibility index (Phi) is 3.73. The van der Waals surface area contributed by atoms with E-state index in [1.807, 2.05) is 19.9 Å². The molecule has 0 atom stereocenters. The molecule has 1 aliphatic rings. The molecule has 1 N–H and O–H groups in total. The van der Waals surface area contributed by atoms with Gasteiger partial charge in [-0.1, -0.05) is 6.07 Å². The highest BCUT2D eigenvalue weighted by molar-refractivity contribution is 7.18. The van der Waals surface area contributed by atoms with Crippen LogP contribution in [0.25, 0.3) is 10.2 Å². The van der Waals surface area contributed by atoms with E-state index < -0.39 is 0 Å². The average molecular weight is 343 g/mol. The van der Waals surface area contributed by atoms with Gasteiger partial charge in [-0.05, 0) is 49.1 Å². The summed E-state index contributed by atoms with van der Waals surface area (Å²) >= 11 is 1.56. The third kappa shape index (κ3) is 2.65. The number of benzene rings is 1. The lowest BCUT2D eigenvalue weighted by Crippen LogP contribution is -2.31. The van der Waals surface area contributed by atoms with Gasteiger partial charge in [0.15, 0.2) is 0 Å². The number of nitrogens with one attached hydrogen (secondary N) is 1. The smallest absolute Gasteiger partial charge is 0.259 e. The van der Waals surface area contributed by atoms with E-state index in [1.54, 1.807) is 17.4 Å². The Morgan fingerprint density at radius 1 is 1.33 bits per heavy atom. The number of hydrogen-bond donors (Lipinski definition) is 1. The van der Waals surface area contributed by atoms with Crippen LogP contribution in [0.5, 0.6) is 0 Å². The maximum absolute atomic E-state index is 13.4. The minimum absolute atomic E-state index is 0.0692. The van der Waals surface area contributed by atoms with Gasteiger partial charge < -0.3 is 4.98 Å². The zero-order valence-electron chi connectivity index (χ0n) is 13.6. The van der Waals surface area contributed by atoms with Crippen LogP contribution < -0.4 is 5.56 Å². The normalized spacial score (nSPS) is 15.0. The zero-order valence-corrected chi connectivity index (χ0v) is 14.5. The fourth-order valence-corrected chi connectivity index (χ4v) is 4.35. The molecule has 0 unspecified atom stereocenters. The highest BCUT2D eigenvalue weighted by Gasteiger charge is 2.19. The van der Waals surface area contributed by atoms with E-state index in [-0.39, 0.29) is 11.4 Å². The summed E-state index contributed by atoms with van der Waals surface area (Å²) < 4.78 is 13.4. The minimum Gasteiger partial charge on any atom is -0.309 e. The van der Waals surface area contributed by atoms with Crippen molar-refractivity contribution in [3.63, 3.8) is 0 Å². The molecular weight excluding hydrogens is 325 g/mol. The third-order valence-electron chi connectivity index (χ3n) is 4.72. The van der Waals surface area contributed by atoms with Crippen LogP contribution in [0.4, 0.5) is 4.39 Å². The molecule has 2 aromatic heterocycles. The van der Waals surface area contributed by atoms with Crippen LogP contribution in [0.2, 0.25) is 0 Å². The second-order valence-electron chi connectivity index (χ2n) is 6.35. The van der Waals surface area contributed by atoms with Crippen molar-refractivity contribution < 1.29 is 4.39 Å². The number of nitrogens with zero attached hydrogens (tertiary/aromatic N) is 2.